The number of benzene rings is 2. The molecular formula is C20H18BrN3O4S. The molecule has 0 aliphatic heterocycles. The Morgan fingerprint density at radius 1 is 1.10 bits per heavy atom. The number of nitrogens with one attached hydrogen (secondary N) is 1. The monoisotopic (exact) mass is 475 g/mol. The lowest BCUT2D eigenvalue weighted by Crippen LogP contribution is -2.30. The maximum absolute atomic E-state index is 12.8. The van der Waals surface area contributed by atoms with Crippen molar-refractivity contribution < 1.29 is 13.2 Å². The van der Waals surface area contributed by atoms with E-state index in [9.17, 15) is 18.0 Å². The van der Waals surface area contributed by atoms with Crippen LogP contribution < -0.4 is 10.9 Å². The van der Waals surface area contributed by atoms with Gasteiger partial charge in [-0.05, 0) is 54.4 Å². The van der Waals surface area contributed by atoms with E-state index in [-0.39, 0.29) is 9.92 Å². The van der Waals surface area contributed by atoms with E-state index in [4.69, 9.17) is 0 Å². The first-order valence-electron chi connectivity index (χ1n) is 8.77. The molecule has 1 amide bonds. The molecule has 2 aromatic carbocycles. The standard InChI is InChI=1S/C20H18BrN3O4S/c1-2-14-4-3-5-16(12-14)22-18(25)13-24-20(26)11-10-19(23-24)29(27,28)17-8-6-15(21)7-9-17/h3-12H,2,13H2,1H3,(H,22,25). The Morgan fingerprint density at radius 3 is 2.52 bits per heavy atom. The molecule has 1 aromatic heterocycles. The summed E-state index contributed by atoms with van der Waals surface area (Å²) in [5, 5.41) is 6.29. The molecule has 0 radical (unpaired) electrons. The minimum Gasteiger partial charge on any atom is -0.324 e. The van der Waals surface area contributed by atoms with Gasteiger partial charge >= 0.3 is 0 Å². The van der Waals surface area contributed by atoms with Crippen LogP contribution in [-0.2, 0) is 27.6 Å². The van der Waals surface area contributed by atoms with Crippen LogP contribution >= 0.6 is 15.9 Å². The van der Waals surface area contributed by atoms with E-state index in [1.165, 1.54) is 12.1 Å². The molecule has 1 heterocycles. The average molecular weight is 476 g/mol. The zero-order valence-corrected chi connectivity index (χ0v) is 17.9. The first-order chi connectivity index (χ1) is 13.8. The van der Waals surface area contributed by atoms with Crippen molar-refractivity contribution in [2.75, 3.05) is 5.32 Å². The summed E-state index contributed by atoms with van der Waals surface area (Å²) >= 11 is 3.25. The Balaban J connectivity index is 1.84. The molecule has 150 valence electrons. The fourth-order valence-corrected chi connectivity index (χ4v) is 4.08. The number of nitrogens with zero attached hydrogens (tertiary/aromatic N) is 2. The quantitative estimate of drug-likeness (QED) is 0.590. The molecule has 1 N–H and O–H groups in total. The maximum atomic E-state index is 12.8. The summed E-state index contributed by atoms with van der Waals surface area (Å²) in [4.78, 5) is 24.5. The molecule has 0 saturated heterocycles. The van der Waals surface area contributed by atoms with Crippen molar-refractivity contribution in [1.29, 1.82) is 0 Å². The number of sulfone groups is 1. The molecule has 0 aliphatic carbocycles. The van der Waals surface area contributed by atoms with Crippen molar-refractivity contribution in [2.24, 2.45) is 0 Å². The summed E-state index contributed by atoms with van der Waals surface area (Å²) in [6.45, 7) is 1.60. The molecule has 0 spiro atoms. The van der Waals surface area contributed by atoms with Gasteiger partial charge in [-0.2, -0.15) is 5.10 Å². The van der Waals surface area contributed by atoms with Crippen molar-refractivity contribution in [2.45, 2.75) is 29.8 Å². The van der Waals surface area contributed by atoms with E-state index in [0.717, 1.165) is 33.3 Å². The fourth-order valence-electron chi connectivity index (χ4n) is 2.63. The minimum atomic E-state index is -3.92. The van der Waals surface area contributed by atoms with Crippen molar-refractivity contribution in [3.05, 3.63) is 81.1 Å². The van der Waals surface area contributed by atoms with Crippen LogP contribution in [0.4, 0.5) is 5.69 Å². The largest absolute Gasteiger partial charge is 0.324 e. The van der Waals surface area contributed by atoms with Crippen LogP contribution in [0, 0.1) is 0 Å². The van der Waals surface area contributed by atoms with Gasteiger partial charge in [0.2, 0.25) is 15.7 Å². The molecule has 0 unspecified atom stereocenters. The Labute approximate surface area is 176 Å². The molecule has 3 rings (SSSR count). The van der Waals surface area contributed by atoms with Crippen molar-refractivity contribution in [3.63, 3.8) is 0 Å². The van der Waals surface area contributed by atoms with E-state index in [2.05, 4.69) is 26.3 Å². The fraction of sp³-hybridized carbons (Fsp3) is 0.150. The van der Waals surface area contributed by atoms with Gasteiger partial charge < -0.3 is 5.32 Å². The van der Waals surface area contributed by atoms with Crippen molar-refractivity contribution >= 4 is 37.4 Å². The first kappa shape index (κ1) is 20.9. The highest BCUT2D eigenvalue weighted by atomic mass is 79.9. The molecule has 0 aliphatic rings. The molecule has 0 bridgehead atoms. The SMILES string of the molecule is CCc1cccc(NC(=O)Cn2nc(S(=O)(=O)c3ccc(Br)cc3)ccc2=O)c1. The molecule has 9 heteroatoms. The Morgan fingerprint density at radius 2 is 1.83 bits per heavy atom. The van der Waals surface area contributed by atoms with Gasteiger partial charge in [-0.25, -0.2) is 13.1 Å². The normalized spacial score (nSPS) is 11.2. The lowest BCUT2D eigenvalue weighted by molar-refractivity contribution is -0.117. The molecule has 0 fully saturated rings. The number of carbonyl (C=O) groups is 1. The third kappa shape index (κ3) is 4.99. The summed E-state index contributed by atoms with van der Waals surface area (Å²) in [5.74, 6) is -0.481. The number of aryl methyl sites for hydroxylation is 1. The van der Waals surface area contributed by atoms with E-state index in [0.29, 0.717) is 5.69 Å². The number of rotatable bonds is 6. The van der Waals surface area contributed by atoms with Gasteiger partial charge in [0, 0.05) is 16.2 Å². The van der Waals surface area contributed by atoms with Crippen LogP contribution in [0.1, 0.15) is 12.5 Å². The predicted molar refractivity (Wildman–Crippen MR) is 113 cm³/mol. The zero-order chi connectivity index (χ0) is 21.0. The predicted octanol–water partition coefficient (Wildman–Crippen LogP) is 3.04. The van der Waals surface area contributed by atoms with Crippen LogP contribution in [-0.4, -0.2) is 24.1 Å². The highest BCUT2D eigenvalue weighted by molar-refractivity contribution is 9.10. The van der Waals surface area contributed by atoms with Gasteiger partial charge in [0.05, 0.1) is 4.90 Å². The second kappa shape index (κ2) is 8.71. The molecule has 7 nitrogen and oxygen atoms in total. The van der Waals surface area contributed by atoms with Gasteiger partial charge in [0.25, 0.3) is 5.56 Å². The second-order valence-corrected chi connectivity index (χ2v) is 9.04. The number of carbonyl (C=O) groups excluding carboxylic acids is 1. The number of hydrogen-bond acceptors (Lipinski definition) is 5. The van der Waals surface area contributed by atoms with E-state index in [1.807, 2.05) is 25.1 Å². The third-order valence-corrected chi connectivity index (χ3v) is 6.34. The van der Waals surface area contributed by atoms with Gasteiger partial charge in [-0.1, -0.05) is 35.0 Å². The van der Waals surface area contributed by atoms with Crippen molar-refractivity contribution in [3.8, 4) is 0 Å². The lowest BCUT2D eigenvalue weighted by atomic mass is 10.1. The smallest absolute Gasteiger partial charge is 0.267 e. The lowest BCUT2D eigenvalue weighted by Gasteiger charge is -2.09. The minimum absolute atomic E-state index is 0.0410. The van der Waals surface area contributed by atoms with E-state index < -0.39 is 27.8 Å². The highest BCUT2D eigenvalue weighted by Gasteiger charge is 2.21. The topological polar surface area (TPSA) is 98.1 Å². The van der Waals surface area contributed by atoms with E-state index in [1.54, 1.807) is 18.2 Å². The van der Waals surface area contributed by atoms with Crippen LogP contribution in [0.5, 0.6) is 0 Å². The number of hydrogen-bond donors (Lipinski definition) is 1. The molecule has 0 saturated carbocycles. The Hall–Kier alpha value is -2.78. The van der Waals surface area contributed by atoms with Gasteiger partial charge in [-0.15, -0.1) is 0 Å². The second-order valence-electron chi connectivity index (χ2n) is 6.23. The van der Waals surface area contributed by atoms with Gasteiger partial charge in [0.15, 0.2) is 5.03 Å². The average Bonchev–Trinajstić information content (AvgIpc) is 2.70. The number of aromatic nitrogens is 2. The first-order valence-corrected chi connectivity index (χ1v) is 11.0. The van der Waals surface area contributed by atoms with Crippen LogP contribution in [0.25, 0.3) is 0 Å². The third-order valence-electron chi connectivity index (χ3n) is 4.15. The maximum Gasteiger partial charge on any atom is 0.267 e. The van der Waals surface area contributed by atoms with Crippen LogP contribution in [0.2, 0.25) is 0 Å². The van der Waals surface area contributed by atoms with Gasteiger partial charge in [0.1, 0.15) is 6.54 Å². The number of anilines is 1. The molecule has 3 aromatic rings. The highest BCUT2D eigenvalue weighted by Crippen LogP contribution is 2.20. The summed E-state index contributed by atoms with van der Waals surface area (Å²) in [5.41, 5.74) is 1.08. The van der Waals surface area contributed by atoms with E-state index >= 15 is 0 Å². The Bertz CT molecular complexity index is 1200. The summed E-state index contributed by atoms with van der Waals surface area (Å²) < 4.78 is 27.1. The van der Waals surface area contributed by atoms with Gasteiger partial charge in [-0.3, -0.25) is 9.59 Å². The molecule has 0 atom stereocenters. The Kier molecular flexibility index (Phi) is 6.29. The van der Waals surface area contributed by atoms with Crippen LogP contribution in [0.15, 0.2) is 79.9 Å². The molecular weight excluding hydrogens is 458 g/mol. The molecule has 29 heavy (non-hydrogen) atoms. The number of halogens is 1. The van der Waals surface area contributed by atoms with Crippen molar-refractivity contribution in [1.82, 2.24) is 9.78 Å². The summed E-state index contributed by atoms with van der Waals surface area (Å²) in [6, 6.07) is 15.6. The summed E-state index contributed by atoms with van der Waals surface area (Å²) in [7, 11) is -3.92. The summed E-state index contributed by atoms with van der Waals surface area (Å²) in [6.07, 6.45) is 0.820. The van der Waals surface area contributed by atoms with Crippen LogP contribution in [0.3, 0.4) is 0 Å². The zero-order valence-electron chi connectivity index (χ0n) is 15.5. The number of amides is 1.